The molecule has 2 aromatic carbocycles. The maximum Gasteiger partial charge on any atom is 0.156 e. The number of hydrogen-bond donors (Lipinski definition) is 1. The molecule has 0 spiro atoms. The molecule has 0 saturated carbocycles. The highest BCUT2D eigenvalue weighted by Gasteiger charge is 2.12. The van der Waals surface area contributed by atoms with Crippen molar-refractivity contribution >= 4 is 29.0 Å². The van der Waals surface area contributed by atoms with Crippen molar-refractivity contribution in [1.82, 2.24) is 0 Å². The summed E-state index contributed by atoms with van der Waals surface area (Å²) in [5, 5.41) is 9.60. The van der Waals surface area contributed by atoms with Gasteiger partial charge in [-0.15, -0.1) is 0 Å². The fourth-order valence-electron chi connectivity index (χ4n) is 2.40. The van der Waals surface area contributed by atoms with Gasteiger partial charge < -0.3 is 9.84 Å². The van der Waals surface area contributed by atoms with Crippen LogP contribution in [0, 0.1) is 13.8 Å². The molecule has 0 unspecified atom stereocenters. The van der Waals surface area contributed by atoms with Crippen molar-refractivity contribution in [2.45, 2.75) is 41.0 Å². The zero-order valence-corrected chi connectivity index (χ0v) is 19.5. The van der Waals surface area contributed by atoms with Crippen LogP contribution in [0.15, 0.2) is 82.1 Å². The highest BCUT2D eigenvalue weighted by Crippen LogP contribution is 2.27. The van der Waals surface area contributed by atoms with Crippen molar-refractivity contribution in [3.63, 3.8) is 0 Å². The fourth-order valence-corrected chi connectivity index (χ4v) is 2.86. The third-order valence-corrected chi connectivity index (χ3v) is 4.74. The summed E-state index contributed by atoms with van der Waals surface area (Å²) in [6, 6.07) is 16.1. The first-order chi connectivity index (χ1) is 14.3. The number of allylic oxidation sites excluding steroid dienone is 5. The lowest BCUT2D eigenvalue weighted by Crippen LogP contribution is -1.94. The Morgan fingerprint density at radius 1 is 0.933 bits per heavy atom. The number of carbonyl (C=O) groups is 1. The number of benzene rings is 2. The molecule has 0 bridgehead atoms. The summed E-state index contributed by atoms with van der Waals surface area (Å²) >= 11 is 11.3. The lowest BCUT2D eigenvalue weighted by molar-refractivity contribution is -0.113. The predicted octanol–water partition coefficient (Wildman–Crippen LogP) is 8.16. The largest absolute Gasteiger partial charge is 0.505 e. The number of ketones is 1. The lowest BCUT2D eigenvalue weighted by Gasteiger charge is -2.10. The Morgan fingerprint density at radius 2 is 1.40 bits per heavy atom. The molecule has 0 aliphatic heterocycles. The number of carbonyl (C=O) groups excluding carboxylic acids is 1. The van der Waals surface area contributed by atoms with Crippen LogP contribution in [-0.4, -0.2) is 10.9 Å². The van der Waals surface area contributed by atoms with E-state index >= 15 is 0 Å². The molecule has 0 saturated heterocycles. The third kappa shape index (κ3) is 7.74. The van der Waals surface area contributed by atoms with Crippen molar-refractivity contribution < 1.29 is 14.6 Å². The Balaban J connectivity index is 0.000000280. The monoisotopic (exact) mass is 446 g/mol. The van der Waals surface area contributed by atoms with E-state index in [9.17, 15) is 9.90 Å². The van der Waals surface area contributed by atoms with Gasteiger partial charge in [0.2, 0.25) is 0 Å². The van der Waals surface area contributed by atoms with E-state index in [-0.39, 0.29) is 21.6 Å². The molecule has 0 radical (unpaired) electrons. The lowest BCUT2D eigenvalue weighted by atomic mass is 10.1. The van der Waals surface area contributed by atoms with E-state index in [1.807, 2.05) is 76.2 Å². The second-order valence-corrected chi connectivity index (χ2v) is 7.13. The van der Waals surface area contributed by atoms with E-state index in [4.69, 9.17) is 27.9 Å². The molecule has 1 N–H and O–H groups in total. The van der Waals surface area contributed by atoms with Crippen LogP contribution in [0.25, 0.3) is 0 Å². The van der Waals surface area contributed by atoms with Crippen LogP contribution < -0.4 is 4.74 Å². The molecule has 0 atom stereocenters. The van der Waals surface area contributed by atoms with Gasteiger partial charge in [-0.25, -0.2) is 0 Å². The molecule has 3 nitrogen and oxygen atoms in total. The first-order valence-corrected chi connectivity index (χ1v) is 10.5. The molecular formula is C25H28Cl2O3. The molecule has 3 rings (SSSR count). The minimum atomic E-state index is -0.181. The van der Waals surface area contributed by atoms with Crippen LogP contribution in [-0.2, 0) is 4.79 Å². The molecule has 2 aromatic rings. The Kier molecular flexibility index (Phi) is 11.0. The van der Waals surface area contributed by atoms with Gasteiger partial charge in [0.05, 0.1) is 10.1 Å². The Bertz CT molecular complexity index is 913. The molecular weight excluding hydrogens is 419 g/mol. The third-order valence-electron chi connectivity index (χ3n) is 4.11. The van der Waals surface area contributed by atoms with Gasteiger partial charge in [0.15, 0.2) is 11.5 Å². The van der Waals surface area contributed by atoms with Crippen LogP contribution in [0.2, 0.25) is 0 Å². The smallest absolute Gasteiger partial charge is 0.156 e. The van der Waals surface area contributed by atoms with Gasteiger partial charge in [-0.05, 0) is 56.5 Å². The van der Waals surface area contributed by atoms with E-state index in [2.05, 4.69) is 0 Å². The average molecular weight is 447 g/mol. The summed E-state index contributed by atoms with van der Waals surface area (Å²) < 4.78 is 5.84. The second-order valence-electron chi connectivity index (χ2n) is 6.31. The summed E-state index contributed by atoms with van der Waals surface area (Å²) in [6.07, 6.45) is 3.39. The predicted molar refractivity (Wildman–Crippen MR) is 127 cm³/mol. The molecule has 0 amide bonds. The Hall–Kier alpha value is -2.49. The van der Waals surface area contributed by atoms with Crippen LogP contribution in [0.4, 0.5) is 0 Å². The number of aryl methyl sites for hydroxylation is 2. The van der Waals surface area contributed by atoms with Crippen molar-refractivity contribution in [2.24, 2.45) is 0 Å². The van der Waals surface area contributed by atoms with Gasteiger partial charge >= 0.3 is 0 Å². The first kappa shape index (κ1) is 25.5. The van der Waals surface area contributed by atoms with Crippen molar-refractivity contribution in [3.05, 3.63) is 93.2 Å². The molecule has 5 heteroatoms. The van der Waals surface area contributed by atoms with Crippen molar-refractivity contribution in [1.29, 1.82) is 0 Å². The van der Waals surface area contributed by atoms with Gasteiger partial charge in [0.25, 0.3) is 0 Å². The number of Topliss-reactive ketones (excluding diaryl/α,β-unsaturated/α-hetero) is 1. The van der Waals surface area contributed by atoms with E-state index in [0.29, 0.717) is 12.0 Å². The molecule has 0 heterocycles. The van der Waals surface area contributed by atoms with Crippen molar-refractivity contribution in [3.8, 4) is 11.5 Å². The van der Waals surface area contributed by atoms with Gasteiger partial charge in [-0.2, -0.15) is 0 Å². The van der Waals surface area contributed by atoms with Crippen molar-refractivity contribution in [2.75, 3.05) is 0 Å². The number of aliphatic hydroxyl groups is 1. The standard InChI is InChI=1S/C14H14O.C9H8Cl2O2.C2H6/c1-11-7-3-5-9-13(11)15-14-10-6-4-8-12(14)2;1-5(12)6-2-3-7(10)9(13)8(11)4-6;1-2/h3-10H,1-2H3;3-4,13H,2H2,1H3;1-2H3. The molecule has 1 aliphatic rings. The van der Waals surface area contributed by atoms with Crippen LogP contribution in [0.3, 0.4) is 0 Å². The maximum absolute atomic E-state index is 11.0. The summed E-state index contributed by atoms with van der Waals surface area (Å²) in [7, 11) is 0. The molecule has 30 heavy (non-hydrogen) atoms. The number of rotatable bonds is 3. The van der Waals surface area contributed by atoms with E-state index < -0.39 is 0 Å². The number of hydrogen-bond acceptors (Lipinski definition) is 3. The quantitative estimate of drug-likeness (QED) is 0.516. The summed E-state index contributed by atoms with van der Waals surface area (Å²) in [6.45, 7) is 9.54. The Morgan fingerprint density at radius 3 is 1.83 bits per heavy atom. The highest BCUT2D eigenvalue weighted by atomic mass is 35.5. The first-order valence-electron chi connectivity index (χ1n) is 9.75. The maximum atomic E-state index is 11.0. The second kappa shape index (κ2) is 12.9. The van der Waals surface area contributed by atoms with Crippen LogP contribution >= 0.6 is 23.2 Å². The van der Waals surface area contributed by atoms with E-state index in [1.54, 1.807) is 6.08 Å². The van der Waals surface area contributed by atoms with Gasteiger partial charge in [-0.1, -0.05) is 79.5 Å². The van der Waals surface area contributed by atoms with E-state index in [1.165, 1.54) is 13.0 Å². The number of para-hydroxylation sites is 2. The van der Waals surface area contributed by atoms with Crippen LogP contribution in [0.5, 0.6) is 11.5 Å². The SMILES string of the molecule is CC.CC(=O)C1=CC(Cl)=C(O)C(Cl)=CC1.Cc1ccccc1Oc1ccccc1C. The minimum Gasteiger partial charge on any atom is -0.505 e. The molecule has 1 aliphatic carbocycles. The number of ether oxygens (including phenoxy) is 1. The zero-order valence-electron chi connectivity index (χ0n) is 18.0. The summed E-state index contributed by atoms with van der Waals surface area (Å²) in [5.41, 5.74) is 2.84. The van der Waals surface area contributed by atoms with E-state index in [0.717, 1.165) is 22.6 Å². The topological polar surface area (TPSA) is 46.5 Å². The fraction of sp³-hybridized carbons (Fsp3) is 0.240. The number of halogens is 2. The number of aliphatic hydroxyl groups excluding tert-OH is 1. The summed E-state index contributed by atoms with van der Waals surface area (Å²) in [5.74, 6) is 1.59. The van der Waals surface area contributed by atoms with Gasteiger partial charge in [0.1, 0.15) is 11.5 Å². The molecule has 0 fully saturated rings. The summed E-state index contributed by atoms with van der Waals surface area (Å²) in [4.78, 5) is 11.0. The highest BCUT2D eigenvalue weighted by molar-refractivity contribution is 6.36. The van der Waals surface area contributed by atoms with Crippen LogP contribution in [0.1, 0.15) is 38.3 Å². The minimum absolute atomic E-state index is 0.0754. The average Bonchev–Trinajstić information content (AvgIpc) is 2.87. The molecule has 160 valence electrons. The zero-order chi connectivity index (χ0) is 22.7. The van der Waals surface area contributed by atoms with Gasteiger partial charge in [0, 0.05) is 5.57 Å². The van der Waals surface area contributed by atoms with Gasteiger partial charge in [-0.3, -0.25) is 4.79 Å². The Labute approximate surface area is 189 Å². The molecule has 0 aromatic heterocycles. The normalized spacial score (nSPS) is 12.9.